The van der Waals surface area contributed by atoms with Crippen molar-refractivity contribution in [3.8, 4) is 5.75 Å². The summed E-state index contributed by atoms with van der Waals surface area (Å²) < 4.78 is 18.7. The highest BCUT2D eigenvalue weighted by atomic mass is 19.1. The van der Waals surface area contributed by atoms with Crippen LogP contribution in [-0.2, 0) is 0 Å². The Balaban J connectivity index is 3.10. The third-order valence-corrected chi connectivity index (χ3v) is 2.56. The molecule has 0 saturated carbocycles. The number of benzene rings is 1. The number of hydrogen-bond acceptors (Lipinski definition) is 4. The monoisotopic (exact) mass is 269 g/mol. The van der Waals surface area contributed by atoms with E-state index in [1.165, 1.54) is 30.2 Å². The number of carbonyl (C=O) groups is 1. The number of methoxy groups -OCH3 is 1. The van der Waals surface area contributed by atoms with Crippen molar-refractivity contribution in [3.63, 3.8) is 0 Å². The van der Waals surface area contributed by atoms with Crippen LogP contribution in [0.25, 0.3) is 0 Å². The van der Waals surface area contributed by atoms with Gasteiger partial charge in [-0.05, 0) is 19.1 Å². The van der Waals surface area contributed by atoms with E-state index in [-0.39, 0.29) is 30.2 Å². The van der Waals surface area contributed by atoms with Crippen molar-refractivity contribution < 1.29 is 19.1 Å². The number of likely N-dealkylation sites (N-methyl/N-ethyl adjacent to an activating group) is 1. The van der Waals surface area contributed by atoms with Crippen LogP contribution >= 0.6 is 0 Å². The zero-order valence-corrected chi connectivity index (χ0v) is 10.8. The average molecular weight is 269 g/mol. The van der Waals surface area contributed by atoms with Gasteiger partial charge in [-0.1, -0.05) is 11.2 Å². The summed E-state index contributed by atoms with van der Waals surface area (Å²) >= 11 is 0. The first-order chi connectivity index (χ1) is 9.04. The zero-order valence-electron chi connectivity index (χ0n) is 10.8. The number of halogens is 1. The van der Waals surface area contributed by atoms with Crippen LogP contribution in [0.5, 0.6) is 5.75 Å². The van der Waals surface area contributed by atoms with Gasteiger partial charge in [0.2, 0.25) is 0 Å². The molecule has 0 fully saturated rings. The SMILES string of the molecule is CCN(CC(N)=NO)C(=O)c1c(F)cccc1OC. The van der Waals surface area contributed by atoms with Crippen molar-refractivity contribution in [2.75, 3.05) is 20.2 Å². The molecule has 0 aliphatic carbocycles. The molecule has 0 spiro atoms. The van der Waals surface area contributed by atoms with E-state index < -0.39 is 11.7 Å². The molecule has 0 saturated heterocycles. The van der Waals surface area contributed by atoms with Crippen molar-refractivity contribution in [3.05, 3.63) is 29.6 Å². The predicted octanol–water partition coefficient (Wildman–Crippen LogP) is 1.04. The molecule has 1 rings (SSSR count). The molecule has 6 nitrogen and oxygen atoms in total. The molecule has 3 N–H and O–H groups in total. The fourth-order valence-corrected chi connectivity index (χ4v) is 1.59. The molecular formula is C12H16FN3O3. The van der Waals surface area contributed by atoms with Crippen molar-refractivity contribution in [2.45, 2.75) is 6.92 Å². The minimum absolute atomic E-state index is 0.0939. The van der Waals surface area contributed by atoms with E-state index in [9.17, 15) is 9.18 Å². The standard InChI is InChI=1S/C12H16FN3O3/c1-3-16(7-10(14)15-18)12(17)11-8(13)5-4-6-9(11)19-2/h4-6,18H,3,7H2,1-2H3,(H2,14,15). The number of oxime groups is 1. The molecule has 7 heteroatoms. The van der Waals surface area contributed by atoms with Gasteiger partial charge in [-0.2, -0.15) is 0 Å². The van der Waals surface area contributed by atoms with Gasteiger partial charge in [-0.3, -0.25) is 4.79 Å². The van der Waals surface area contributed by atoms with Crippen LogP contribution in [0.1, 0.15) is 17.3 Å². The number of carbonyl (C=O) groups excluding carboxylic acids is 1. The number of amides is 1. The molecule has 104 valence electrons. The van der Waals surface area contributed by atoms with E-state index in [0.717, 1.165) is 0 Å². The van der Waals surface area contributed by atoms with Crippen molar-refractivity contribution in [1.29, 1.82) is 0 Å². The summed E-state index contributed by atoms with van der Waals surface area (Å²) in [4.78, 5) is 13.5. The van der Waals surface area contributed by atoms with E-state index in [2.05, 4.69) is 5.16 Å². The maximum atomic E-state index is 13.8. The lowest BCUT2D eigenvalue weighted by molar-refractivity contribution is 0.0778. The fraction of sp³-hybridized carbons (Fsp3) is 0.333. The second kappa shape index (κ2) is 6.58. The van der Waals surface area contributed by atoms with Gasteiger partial charge in [0.05, 0.1) is 13.7 Å². The summed E-state index contributed by atoms with van der Waals surface area (Å²) in [6.45, 7) is 1.89. The second-order valence-electron chi connectivity index (χ2n) is 3.73. The molecule has 19 heavy (non-hydrogen) atoms. The van der Waals surface area contributed by atoms with E-state index in [1.807, 2.05) is 0 Å². The Hall–Kier alpha value is -2.31. The van der Waals surface area contributed by atoms with Crippen LogP contribution in [0.15, 0.2) is 23.4 Å². The maximum Gasteiger partial charge on any atom is 0.261 e. The van der Waals surface area contributed by atoms with Crippen molar-refractivity contribution in [2.24, 2.45) is 10.9 Å². The topological polar surface area (TPSA) is 88.1 Å². The molecule has 0 aromatic heterocycles. The molecule has 0 radical (unpaired) electrons. The number of hydrogen-bond donors (Lipinski definition) is 2. The van der Waals surface area contributed by atoms with Crippen LogP contribution < -0.4 is 10.5 Å². The summed E-state index contributed by atoms with van der Waals surface area (Å²) in [5.74, 6) is -1.25. The summed E-state index contributed by atoms with van der Waals surface area (Å²) in [6, 6.07) is 4.12. The Morgan fingerprint density at radius 1 is 1.58 bits per heavy atom. The van der Waals surface area contributed by atoms with Crippen LogP contribution in [0.2, 0.25) is 0 Å². The molecule has 0 bridgehead atoms. The van der Waals surface area contributed by atoms with Crippen molar-refractivity contribution >= 4 is 11.7 Å². The molecule has 0 heterocycles. The highest BCUT2D eigenvalue weighted by molar-refractivity contribution is 5.99. The average Bonchev–Trinajstić information content (AvgIpc) is 2.43. The van der Waals surface area contributed by atoms with Gasteiger partial charge >= 0.3 is 0 Å². The molecule has 0 unspecified atom stereocenters. The number of nitrogens with zero attached hydrogens (tertiary/aromatic N) is 2. The van der Waals surface area contributed by atoms with Gasteiger partial charge in [0, 0.05) is 6.54 Å². The lowest BCUT2D eigenvalue weighted by Gasteiger charge is -2.21. The third-order valence-electron chi connectivity index (χ3n) is 2.56. The lowest BCUT2D eigenvalue weighted by Crippen LogP contribution is -2.39. The Morgan fingerprint density at radius 3 is 2.79 bits per heavy atom. The Kier molecular flexibility index (Phi) is 5.11. The number of nitrogens with two attached hydrogens (primary N) is 1. The number of rotatable bonds is 5. The largest absolute Gasteiger partial charge is 0.496 e. The molecule has 0 aliphatic heterocycles. The zero-order chi connectivity index (χ0) is 14.4. The van der Waals surface area contributed by atoms with E-state index in [4.69, 9.17) is 15.7 Å². The minimum Gasteiger partial charge on any atom is -0.496 e. The van der Waals surface area contributed by atoms with E-state index in [0.29, 0.717) is 0 Å². The number of amidine groups is 1. The second-order valence-corrected chi connectivity index (χ2v) is 3.73. The van der Waals surface area contributed by atoms with E-state index >= 15 is 0 Å². The summed E-state index contributed by atoms with van der Waals surface area (Å²) in [5.41, 5.74) is 5.19. The van der Waals surface area contributed by atoms with Crippen LogP contribution in [0.3, 0.4) is 0 Å². The Morgan fingerprint density at radius 2 is 2.26 bits per heavy atom. The van der Waals surface area contributed by atoms with Crippen molar-refractivity contribution in [1.82, 2.24) is 4.90 Å². The first-order valence-electron chi connectivity index (χ1n) is 5.63. The third kappa shape index (κ3) is 3.34. The normalized spacial score (nSPS) is 11.2. The predicted molar refractivity (Wildman–Crippen MR) is 67.9 cm³/mol. The fourth-order valence-electron chi connectivity index (χ4n) is 1.59. The lowest BCUT2D eigenvalue weighted by atomic mass is 10.1. The van der Waals surface area contributed by atoms with Crippen LogP contribution in [-0.4, -0.2) is 42.0 Å². The first-order valence-corrected chi connectivity index (χ1v) is 5.63. The molecule has 0 aliphatic rings. The number of ether oxygens (including phenoxy) is 1. The summed E-state index contributed by atoms with van der Waals surface area (Å²) in [5, 5.41) is 11.3. The molecule has 1 amide bonds. The van der Waals surface area contributed by atoms with Gasteiger partial charge in [-0.25, -0.2) is 4.39 Å². The Labute approximate surface area is 110 Å². The van der Waals surface area contributed by atoms with Gasteiger partial charge in [0.15, 0.2) is 5.84 Å². The molecule has 1 aromatic carbocycles. The minimum atomic E-state index is -0.678. The Bertz CT molecular complexity index is 491. The van der Waals surface area contributed by atoms with Gasteiger partial charge in [0.1, 0.15) is 17.1 Å². The summed E-state index contributed by atoms with van der Waals surface area (Å²) in [7, 11) is 1.35. The molecule has 0 atom stereocenters. The summed E-state index contributed by atoms with van der Waals surface area (Å²) in [6.07, 6.45) is 0. The van der Waals surface area contributed by atoms with Gasteiger partial charge in [0.25, 0.3) is 5.91 Å². The highest BCUT2D eigenvalue weighted by Crippen LogP contribution is 2.22. The van der Waals surface area contributed by atoms with Crippen LogP contribution in [0.4, 0.5) is 4.39 Å². The van der Waals surface area contributed by atoms with Gasteiger partial charge in [-0.15, -0.1) is 0 Å². The van der Waals surface area contributed by atoms with Gasteiger partial charge < -0.3 is 20.6 Å². The first kappa shape index (κ1) is 14.7. The quantitative estimate of drug-likeness (QED) is 0.362. The van der Waals surface area contributed by atoms with Crippen LogP contribution in [0, 0.1) is 5.82 Å². The highest BCUT2D eigenvalue weighted by Gasteiger charge is 2.23. The molecule has 1 aromatic rings. The van der Waals surface area contributed by atoms with E-state index in [1.54, 1.807) is 6.92 Å². The smallest absolute Gasteiger partial charge is 0.261 e. The molecular weight excluding hydrogens is 253 g/mol. The maximum absolute atomic E-state index is 13.8.